The average Bonchev–Trinajstić information content (AvgIpc) is 2.19. The number of nitrogens with zero attached hydrogens (tertiary/aromatic N) is 1. The minimum absolute atomic E-state index is 0.188. The second-order valence-electron chi connectivity index (χ2n) is 2.99. The Bertz CT molecular complexity index is 406. The van der Waals surface area contributed by atoms with Crippen molar-refractivity contribution in [3.8, 4) is 0 Å². The van der Waals surface area contributed by atoms with Gasteiger partial charge < -0.3 is 5.11 Å². The van der Waals surface area contributed by atoms with Gasteiger partial charge in [0.2, 0.25) is 0 Å². The summed E-state index contributed by atoms with van der Waals surface area (Å²) in [6.45, 7) is 0.188. The molecule has 2 aromatic rings. The third kappa shape index (κ3) is 1.53. The third-order valence-corrected chi connectivity index (χ3v) is 2.16. The van der Waals surface area contributed by atoms with Crippen LogP contribution in [0.1, 0.15) is 5.56 Å². The number of benzene rings is 1. The largest absolute Gasteiger partial charge is 0.396 e. The highest BCUT2D eigenvalue weighted by molar-refractivity contribution is 5.84. The van der Waals surface area contributed by atoms with E-state index in [4.69, 9.17) is 5.11 Å². The predicted octanol–water partition coefficient (Wildman–Crippen LogP) is 1.77. The van der Waals surface area contributed by atoms with Crippen molar-refractivity contribution in [1.29, 1.82) is 0 Å². The Morgan fingerprint density at radius 2 is 2.15 bits per heavy atom. The molecule has 1 aromatic carbocycles. The van der Waals surface area contributed by atoms with Gasteiger partial charge in [-0.05, 0) is 23.4 Å². The summed E-state index contributed by atoms with van der Waals surface area (Å²) < 4.78 is 0. The second kappa shape index (κ2) is 3.54. The van der Waals surface area contributed by atoms with Crippen molar-refractivity contribution in [2.75, 3.05) is 6.61 Å². The Labute approximate surface area is 76.9 Å². The number of aliphatic hydroxyl groups is 1. The van der Waals surface area contributed by atoms with Crippen LogP contribution in [0.4, 0.5) is 0 Å². The van der Waals surface area contributed by atoms with Gasteiger partial charge in [-0.2, -0.15) is 0 Å². The van der Waals surface area contributed by atoms with Crippen molar-refractivity contribution in [2.45, 2.75) is 6.42 Å². The van der Waals surface area contributed by atoms with Crippen LogP contribution in [0.5, 0.6) is 0 Å². The van der Waals surface area contributed by atoms with E-state index >= 15 is 0 Å². The molecule has 0 amide bonds. The Hall–Kier alpha value is -1.41. The SMILES string of the molecule is OCCc1cccc2ccncc12. The highest BCUT2D eigenvalue weighted by Gasteiger charge is 1.98. The monoisotopic (exact) mass is 173 g/mol. The zero-order chi connectivity index (χ0) is 9.10. The Morgan fingerprint density at radius 1 is 1.23 bits per heavy atom. The van der Waals surface area contributed by atoms with Crippen molar-refractivity contribution in [2.24, 2.45) is 0 Å². The summed E-state index contributed by atoms with van der Waals surface area (Å²) >= 11 is 0. The lowest BCUT2D eigenvalue weighted by Gasteiger charge is -2.03. The molecule has 0 aliphatic rings. The van der Waals surface area contributed by atoms with E-state index in [0.29, 0.717) is 6.42 Å². The van der Waals surface area contributed by atoms with Gasteiger partial charge in [0.25, 0.3) is 0 Å². The lowest BCUT2D eigenvalue weighted by Crippen LogP contribution is -1.91. The first kappa shape index (κ1) is 8.20. The van der Waals surface area contributed by atoms with Crippen molar-refractivity contribution in [3.05, 3.63) is 42.2 Å². The molecule has 0 fully saturated rings. The van der Waals surface area contributed by atoms with Crippen LogP contribution in [0, 0.1) is 0 Å². The Kier molecular flexibility index (Phi) is 2.23. The lowest BCUT2D eigenvalue weighted by atomic mass is 10.1. The molecule has 2 heteroatoms. The zero-order valence-corrected chi connectivity index (χ0v) is 7.27. The Morgan fingerprint density at radius 3 is 3.00 bits per heavy atom. The molecular formula is C11H11NO. The quantitative estimate of drug-likeness (QED) is 0.750. The third-order valence-electron chi connectivity index (χ3n) is 2.16. The second-order valence-corrected chi connectivity index (χ2v) is 2.99. The minimum atomic E-state index is 0.188. The van der Waals surface area contributed by atoms with E-state index in [9.17, 15) is 0 Å². The van der Waals surface area contributed by atoms with Gasteiger partial charge in [0, 0.05) is 24.4 Å². The summed E-state index contributed by atoms with van der Waals surface area (Å²) in [6.07, 6.45) is 4.33. The molecule has 66 valence electrons. The van der Waals surface area contributed by atoms with Crippen LogP contribution in [0.25, 0.3) is 10.8 Å². The molecule has 0 aliphatic heterocycles. The predicted molar refractivity (Wildman–Crippen MR) is 52.5 cm³/mol. The van der Waals surface area contributed by atoms with Gasteiger partial charge >= 0.3 is 0 Å². The molecule has 2 rings (SSSR count). The van der Waals surface area contributed by atoms with Crippen LogP contribution in [0.2, 0.25) is 0 Å². The van der Waals surface area contributed by atoms with Crippen molar-refractivity contribution >= 4 is 10.8 Å². The van der Waals surface area contributed by atoms with Crippen molar-refractivity contribution in [3.63, 3.8) is 0 Å². The van der Waals surface area contributed by atoms with E-state index in [0.717, 1.165) is 10.9 Å². The van der Waals surface area contributed by atoms with Gasteiger partial charge in [-0.25, -0.2) is 0 Å². The number of aromatic nitrogens is 1. The topological polar surface area (TPSA) is 33.1 Å². The number of aliphatic hydroxyl groups excluding tert-OH is 1. The summed E-state index contributed by atoms with van der Waals surface area (Å²) in [5.41, 5.74) is 1.16. The molecule has 2 nitrogen and oxygen atoms in total. The summed E-state index contributed by atoms with van der Waals surface area (Å²) in [4.78, 5) is 4.07. The number of rotatable bonds is 2. The molecule has 0 atom stereocenters. The van der Waals surface area contributed by atoms with Crippen LogP contribution in [0.3, 0.4) is 0 Å². The molecule has 0 spiro atoms. The lowest BCUT2D eigenvalue weighted by molar-refractivity contribution is 0.300. The van der Waals surface area contributed by atoms with Gasteiger partial charge in [-0.3, -0.25) is 4.98 Å². The number of hydrogen-bond acceptors (Lipinski definition) is 2. The fourth-order valence-electron chi connectivity index (χ4n) is 1.52. The summed E-state index contributed by atoms with van der Waals surface area (Å²) in [6, 6.07) is 8.07. The first-order valence-electron chi connectivity index (χ1n) is 4.34. The molecule has 0 radical (unpaired) electrons. The van der Waals surface area contributed by atoms with Crippen LogP contribution in [0.15, 0.2) is 36.7 Å². The van der Waals surface area contributed by atoms with Gasteiger partial charge in [0.05, 0.1) is 0 Å². The van der Waals surface area contributed by atoms with Crippen LogP contribution < -0.4 is 0 Å². The van der Waals surface area contributed by atoms with Crippen LogP contribution >= 0.6 is 0 Å². The molecule has 1 aromatic heterocycles. The van der Waals surface area contributed by atoms with E-state index < -0.39 is 0 Å². The first-order chi connectivity index (χ1) is 6.42. The van der Waals surface area contributed by atoms with Gasteiger partial charge in [-0.15, -0.1) is 0 Å². The molecule has 0 saturated heterocycles. The molecule has 1 heterocycles. The van der Waals surface area contributed by atoms with Gasteiger partial charge in [0.15, 0.2) is 0 Å². The molecule has 0 bridgehead atoms. The summed E-state index contributed by atoms with van der Waals surface area (Å²) in [5, 5.41) is 11.2. The maximum atomic E-state index is 8.86. The Balaban J connectivity index is 2.61. The highest BCUT2D eigenvalue weighted by atomic mass is 16.2. The summed E-state index contributed by atoms with van der Waals surface area (Å²) in [5.74, 6) is 0. The van der Waals surface area contributed by atoms with E-state index in [1.807, 2.05) is 24.4 Å². The number of hydrogen-bond donors (Lipinski definition) is 1. The normalized spacial score (nSPS) is 10.5. The van der Waals surface area contributed by atoms with Crippen molar-refractivity contribution in [1.82, 2.24) is 4.98 Å². The molecule has 0 unspecified atom stereocenters. The molecule has 1 N–H and O–H groups in total. The van der Waals surface area contributed by atoms with Crippen LogP contribution in [-0.4, -0.2) is 16.7 Å². The van der Waals surface area contributed by atoms with Gasteiger partial charge in [-0.1, -0.05) is 18.2 Å². The molecular weight excluding hydrogens is 162 g/mol. The first-order valence-corrected chi connectivity index (χ1v) is 4.34. The average molecular weight is 173 g/mol. The standard InChI is InChI=1S/C11H11NO/c13-7-5-10-3-1-2-9-4-6-12-8-11(9)10/h1-4,6,8,13H,5,7H2. The zero-order valence-electron chi connectivity index (χ0n) is 7.27. The smallest absolute Gasteiger partial charge is 0.0471 e. The fraction of sp³-hybridized carbons (Fsp3) is 0.182. The minimum Gasteiger partial charge on any atom is -0.396 e. The molecule has 0 saturated carbocycles. The number of fused-ring (bicyclic) bond motifs is 1. The molecule has 13 heavy (non-hydrogen) atoms. The maximum Gasteiger partial charge on any atom is 0.0471 e. The fourth-order valence-corrected chi connectivity index (χ4v) is 1.52. The number of pyridine rings is 1. The highest BCUT2D eigenvalue weighted by Crippen LogP contribution is 2.17. The van der Waals surface area contributed by atoms with E-state index in [-0.39, 0.29) is 6.61 Å². The van der Waals surface area contributed by atoms with Crippen LogP contribution in [-0.2, 0) is 6.42 Å². The van der Waals surface area contributed by atoms with Gasteiger partial charge in [0.1, 0.15) is 0 Å². The van der Waals surface area contributed by atoms with E-state index in [1.54, 1.807) is 6.20 Å². The summed E-state index contributed by atoms with van der Waals surface area (Å²) in [7, 11) is 0. The molecule has 0 aliphatic carbocycles. The van der Waals surface area contributed by atoms with Crippen molar-refractivity contribution < 1.29 is 5.11 Å². The van der Waals surface area contributed by atoms with E-state index in [2.05, 4.69) is 11.1 Å². The van der Waals surface area contributed by atoms with E-state index in [1.165, 1.54) is 5.39 Å². The maximum absolute atomic E-state index is 8.86.